The van der Waals surface area contributed by atoms with Crippen molar-refractivity contribution in [2.24, 2.45) is 5.92 Å². The van der Waals surface area contributed by atoms with Gasteiger partial charge in [0.1, 0.15) is 4.70 Å². The molecule has 0 radical (unpaired) electrons. The molecule has 0 aliphatic carbocycles. The van der Waals surface area contributed by atoms with E-state index in [-0.39, 0.29) is 22.8 Å². The van der Waals surface area contributed by atoms with Crippen molar-refractivity contribution >= 4 is 49.1 Å². The lowest BCUT2D eigenvalue weighted by Crippen LogP contribution is -2.26. The van der Waals surface area contributed by atoms with E-state index in [1.807, 2.05) is 13.0 Å². The second kappa shape index (κ2) is 10.3. The Morgan fingerprint density at radius 2 is 1.97 bits per heavy atom. The standard InChI is InChI=1S/C21H28N4O4S3/c1-12(2)9-15(11-26)22-18-17-19(25-21(29-4)31-17)24-20(23-18)30-13(3)14-7-6-8-16(10-14)32(5,27)28/h6-8,10,12-13,15,26H,9,11H2,1-5H3,(H,22,23,24)/t13-,15+/m0/s1. The van der Waals surface area contributed by atoms with E-state index < -0.39 is 9.84 Å². The summed E-state index contributed by atoms with van der Waals surface area (Å²) < 4.78 is 29.9. The van der Waals surface area contributed by atoms with Crippen molar-refractivity contribution in [1.82, 2.24) is 15.0 Å². The van der Waals surface area contributed by atoms with Gasteiger partial charge in [0.15, 0.2) is 26.5 Å². The summed E-state index contributed by atoms with van der Waals surface area (Å²) >= 11 is 2.76. The molecule has 0 amide bonds. The van der Waals surface area contributed by atoms with Crippen LogP contribution in [0.3, 0.4) is 0 Å². The first-order valence-electron chi connectivity index (χ1n) is 10.2. The van der Waals surface area contributed by atoms with Crippen LogP contribution in [-0.2, 0) is 9.84 Å². The van der Waals surface area contributed by atoms with Gasteiger partial charge in [0.2, 0.25) is 0 Å². The lowest BCUT2D eigenvalue weighted by molar-refractivity contribution is 0.259. The molecule has 3 rings (SSSR count). The second-order valence-electron chi connectivity index (χ2n) is 7.95. The van der Waals surface area contributed by atoms with Gasteiger partial charge in [-0.3, -0.25) is 0 Å². The number of fused-ring (bicyclic) bond motifs is 1. The minimum atomic E-state index is -3.29. The minimum Gasteiger partial charge on any atom is -0.473 e. The number of nitrogens with one attached hydrogen (secondary N) is 1. The topological polar surface area (TPSA) is 114 Å². The number of nitrogens with zero attached hydrogens (tertiary/aromatic N) is 3. The van der Waals surface area contributed by atoms with Crippen LogP contribution in [0.25, 0.3) is 10.3 Å². The molecule has 2 heterocycles. The number of rotatable bonds is 10. The summed E-state index contributed by atoms with van der Waals surface area (Å²) in [6.45, 7) is 6.16. The van der Waals surface area contributed by atoms with Crippen molar-refractivity contribution < 1.29 is 18.3 Å². The largest absolute Gasteiger partial charge is 0.473 e. The Hall–Kier alpha value is -1.95. The summed E-state index contributed by atoms with van der Waals surface area (Å²) in [5, 5.41) is 14.1. The van der Waals surface area contributed by atoms with Gasteiger partial charge in [-0.25, -0.2) is 18.4 Å². The molecule has 0 bridgehead atoms. The fourth-order valence-corrected chi connectivity index (χ4v) is 5.52. The molecule has 0 aliphatic rings. The van der Waals surface area contributed by atoms with Crippen molar-refractivity contribution in [3.05, 3.63) is 29.8 Å². The molecule has 1 aromatic carbocycles. The Morgan fingerprint density at radius 3 is 2.59 bits per heavy atom. The first-order chi connectivity index (χ1) is 15.1. The highest BCUT2D eigenvalue weighted by Gasteiger charge is 2.20. The highest BCUT2D eigenvalue weighted by molar-refractivity contribution is 7.99. The van der Waals surface area contributed by atoms with E-state index in [0.717, 1.165) is 16.7 Å². The summed E-state index contributed by atoms with van der Waals surface area (Å²) in [7, 11) is -1.73. The van der Waals surface area contributed by atoms with Crippen LogP contribution in [0.2, 0.25) is 0 Å². The van der Waals surface area contributed by atoms with Gasteiger partial charge in [-0.1, -0.05) is 49.1 Å². The van der Waals surface area contributed by atoms with Crippen molar-refractivity contribution in [1.29, 1.82) is 0 Å². The number of ether oxygens (including phenoxy) is 1. The number of thiazole rings is 1. The second-order valence-corrected chi connectivity index (χ2v) is 12.2. The van der Waals surface area contributed by atoms with Crippen LogP contribution in [0, 0.1) is 5.92 Å². The van der Waals surface area contributed by atoms with Gasteiger partial charge in [-0.05, 0) is 37.0 Å². The quantitative estimate of drug-likeness (QED) is 0.315. The molecule has 0 spiro atoms. The van der Waals surface area contributed by atoms with E-state index in [4.69, 9.17) is 9.72 Å². The Bertz CT molecular complexity index is 1180. The maximum atomic E-state index is 11.9. The third-order valence-electron chi connectivity index (χ3n) is 4.74. The molecule has 2 aromatic heterocycles. The average molecular weight is 497 g/mol. The molecule has 174 valence electrons. The number of hydrogen-bond acceptors (Lipinski definition) is 10. The van der Waals surface area contributed by atoms with E-state index in [2.05, 4.69) is 29.1 Å². The van der Waals surface area contributed by atoms with Gasteiger partial charge in [-0.2, -0.15) is 4.98 Å². The highest BCUT2D eigenvalue weighted by Crippen LogP contribution is 2.38. The van der Waals surface area contributed by atoms with Gasteiger partial charge >= 0.3 is 0 Å². The average Bonchev–Trinajstić information content (AvgIpc) is 3.16. The normalized spacial score (nSPS) is 14.0. The third-order valence-corrected chi connectivity index (χ3v) is 7.89. The fourth-order valence-electron chi connectivity index (χ4n) is 3.19. The fraction of sp³-hybridized carbons (Fsp3) is 0.476. The molecular formula is C21H28N4O4S3. The van der Waals surface area contributed by atoms with Gasteiger partial charge in [0, 0.05) is 11.5 Å². The first-order valence-corrected chi connectivity index (χ1v) is 13.8. The van der Waals surface area contributed by atoms with E-state index in [1.165, 1.54) is 29.4 Å². The lowest BCUT2D eigenvalue weighted by atomic mass is 10.0. The zero-order valence-corrected chi connectivity index (χ0v) is 21.1. The van der Waals surface area contributed by atoms with Gasteiger partial charge in [0.25, 0.3) is 5.19 Å². The predicted molar refractivity (Wildman–Crippen MR) is 130 cm³/mol. The number of hydrogen-bond donors (Lipinski definition) is 2. The van der Waals surface area contributed by atoms with Crippen molar-refractivity contribution in [2.45, 2.75) is 48.5 Å². The highest BCUT2D eigenvalue weighted by atomic mass is 32.2. The molecule has 3 aromatic rings. The maximum absolute atomic E-state index is 11.9. The zero-order valence-electron chi connectivity index (χ0n) is 18.7. The predicted octanol–water partition coefficient (Wildman–Crippen LogP) is 4.17. The molecule has 0 aliphatic heterocycles. The number of methoxy groups -OCH3 is 1. The van der Waals surface area contributed by atoms with Crippen molar-refractivity contribution in [2.75, 3.05) is 25.3 Å². The Labute approximate surface area is 196 Å². The third kappa shape index (κ3) is 6.09. The molecule has 11 heteroatoms. The molecule has 2 atom stereocenters. The molecule has 2 N–H and O–H groups in total. The van der Waals surface area contributed by atoms with E-state index in [0.29, 0.717) is 27.7 Å². The summed E-state index contributed by atoms with van der Waals surface area (Å²) in [5.74, 6) is 1.01. The molecule has 0 saturated carbocycles. The van der Waals surface area contributed by atoms with Crippen LogP contribution in [0.1, 0.15) is 38.0 Å². The number of benzene rings is 1. The van der Waals surface area contributed by atoms with Gasteiger partial charge in [0.05, 0.1) is 24.7 Å². The number of aliphatic hydroxyl groups excluding tert-OH is 1. The summed E-state index contributed by atoms with van der Waals surface area (Å²) in [6.07, 6.45) is 1.98. The van der Waals surface area contributed by atoms with Crippen molar-refractivity contribution in [3.63, 3.8) is 0 Å². The lowest BCUT2D eigenvalue weighted by Gasteiger charge is -2.19. The zero-order chi connectivity index (χ0) is 23.5. The van der Waals surface area contributed by atoms with Crippen LogP contribution in [0.4, 0.5) is 5.82 Å². The molecular weight excluding hydrogens is 468 g/mol. The molecule has 32 heavy (non-hydrogen) atoms. The Kier molecular flexibility index (Phi) is 7.97. The van der Waals surface area contributed by atoms with E-state index >= 15 is 0 Å². The molecule has 8 nitrogen and oxygen atoms in total. The van der Waals surface area contributed by atoms with Gasteiger partial charge in [-0.15, -0.1) is 0 Å². The number of thioether (sulfide) groups is 1. The van der Waals surface area contributed by atoms with Crippen LogP contribution < -0.4 is 10.1 Å². The monoisotopic (exact) mass is 496 g/mol. The van der Waals surface area contributed by atoms with E-state index in [1.54, 1.807) is 25.3 Å². The Morgan fingerprint density at radius 1 is 1.22 bits per heavy atom. The van der Waals surface area contributed by atoms with Crippen LogP contribution in [0.15, 0.2) is 34.3 Å². The number of aliphatic hydroxyl groups is 1. The Balaban J connectivity index is 1.94. The molecule has 0 unspecified atom stereocenters. The minimum absolute atomic E-state index is 0.0171. The maximum Gasteiger partial charge on any atom is 0.275 e. The summed E-state index contributed by atoms with van der Waals surface area (Å²) in [5.41, 5.74) is 1.38. The molecule has 0 saturated heterocycles. The van der Waals surface area contributed by atoms with Crippen LogP contribution >= 0.6 is 23.1 Å². The SMILES string of the molecule is COc1nc2nc(S[C@@H](C)c3cccc(S(C)(=O)=O)c3)nc(N[C@@H](CO)CC(C)C)c2s1. The summed E-state index contributed by atoms with van der Waals surface area (Å²) in [4.78, 5) is 14.0. The molecule has 0 fully saturated rings. The number of anilines is 1. The first kappa shape index (κ1) is 24.7. The van der Waals surface area contributed by atoms with Crippen LogP contribution in [-0.4, -0.2) is 54.5 Å². The summed E-state index contributed by atoms with van der Waals surface area (Å²) in [6, 6.07) is 6.75. The number of aromatic nitrogens is 3. The van der Waals surface area contributed by atoms with Crippen molar-refractivity contribution in [3.8, 4) is 5.19 Å². The number of sulfone groups is 1. The van der Waals surface area contributed by atoms with Gasteiger partial charge < -0.3 is 15.2 Å². The van der Waals surface area contributed by atoms with Crippen LogP contribution in [0.5, 0.6) is 5.19 Å². The van der Waals surface area contributed by atoms with E-state index in [9.17, 15) is 13.5 Å². The smallest absolute Gasteiger partial charge is 0.275 e.